The van der Waals surface area contributed by atoms with E-state index in [2.05, 4.69) is 29.1 Å². The first-order valence-corrected chi connectivity index (χ1v) is 8.25. The van der Waals surface area contributed by atoms with E-state index in [0.29, 0.717) is 4.75 Å². The largest absolute Gasteiger partial charge is 0.382 e. The van der Waals surface area contributed by atoms with Crippen molar-refractivity contribution in [2.24, 2.45) is 4.99 Å². The lowest BCUT2D eigenvalue weighted by Crippen LogP contribution is -2.51. The number of aliphatic imine (C=N–C) groups is 1. The number of ether oxygens (including phenoxy) is 1. The Labute approximate surface area is 122 Å². The first kappa shape index (κ1) is 16.6. The van der Waals surface area contributed by atoms with E-state index in [1.807, 2.05) is 25.7 Å². The van der Waals surface area contributed by atoms with Gasteiger partial charge in [-0.1, -0.05) is 0 Å². The van der Waals surface area contributed by atoms with Gasteiger partial charge in [0.15, 0.2) is 5.96 Å². The van der Waals surface area contributed by atoms with Crippen molar-refractivity contribution in [1.82, 2.24) is 10.2 Å². The number of nitrogens with zero attached hydrogens (tertiary/aromatic N) is 2. The quantitative estimate of drug-likeness (QED) is 0.462. The van der Waals surface area contributed by atoms with Gasteiger partial charge in [0, 0.05) is 50.4 Å². The van der Waals surface area contributed by atoms with E-state index < -0.39 is 0 Å². The summed E-state index contributed by atoms with van der Waals surface area (Å²) in [6.45, 7) is 11.5. The van der Waals surface area contributed by atoms with Crippen LogP contribution in [-0.2, 0) is 4.74 Å². The number of hydrogen-bond acceptors (Lipinski definition) is 3. The predicted molar refractivity (Wildman–Crippen MR) is 85.2 cm³/mol. The molecule has 1 saturated heterocycles. The molecule has 0 atom stereocenters. The molecule has 0 amide bonds. The molecule has 1 fully saturated rings. The van der Waals surface area contributed by atoms with E-state index in [1.54, 1.807) is 0 Å². The smallest absolute Gasteiger partial charge is 0.193 e. The highest BCUT2D eigenvalue weighted by Gasteiger charge is 2.28. The van der Waals surface area contributed by atoms with Crippen LogP contribution in [0.1, 0.15) is 33.6 Å². The van der Waals surface area contributed by atoms with Gasteiger partial charge in [0.05, 0.1) is 0 Å². The first-order valence-electron chi connectivity index (χ1n) is 7.26. The Morgan fingerprint density at radius 1 is 1.42 bits per heavy atom. The van der Waals surface area contributed by atoms with Crippen LogP contribution in [0.15, 0.2) is 4.99 Å². The fourth-order valence-electron chi connectivity index (χ4n) is 2.20. The van der Waals surface area contributed by atoms with Crippen LogP contribution in [0.25, 0.3) is 0 Å². The molecule has 0 bridgehead atoms. The molecular formula is C14H29N3OS. The van der Waals surface area contributed by atoms with Gasteiger partial charge in [0.25, 0.3) is 0 Å². The molecule has 4 nitrogen and oxygen atoms in total. The van der Waals surface area contributed by atoms with Gasteiger partial charge in [-0.25, -0.2) is 0 Å². The number of unbranched alkanes of at least 4 members (excludes halogenated alkanes) is 1. The van der Waals surface area contributed by atoms with Crippen LogP contribution in [0, 0.1) is 0 Å². The molecule has 112 valence electrons. The van der Waals surface area contributed by atoms with Gasteiger partial charge in [-0.15, -0.1) is 0 Å². The summed E-state index contributed by atoms with van der Waals surface area (Å²) in [7, 11) is 1.87. The van der Waals surface area contributed by atoms with Crippen molar-refractivity contribution in [3.8, 4) is 0 Å². The lowest BCUT2D eigenvalue weighted by molar-refractivity contribution is 0.143. The van der Waals surface area contributed by atoms with Gasteiger partial charge in [-0.05, 0) is 33.6 Å². The predicted octanol–water partition coefficient (Wildman–Crippen LogP) is 2.21. The number of nitrogens with one attached hydrogen (secondary N) is 1. The molecule has 0 unspecified atom stereocenters. The van der Waals surface area contributed by atoms with Crippen molar-refractivity contribution >= 4 is 17.7 Å². The normalized spacial score (nSPS) is 19.6. The van der Waals surface area contributed by atoms with Crippen LogP contribution in [0.3, 0.4) is 0 Å². The van der Waals surface area contributed by atoms with Crippen LogP contribution in [-0.4, -0.2) is 61.3 Å². The summed E-state index contributed by atoms with van der Waals surface area (Å²) < 4.78 is 5.66. The van der Waals surface area contributed by atoms with Gasteiger partial charge >= 0.3 is 0 Å². The van der Waals surface area contributed by atoms with Crippen molar-refractivity contribution in [1.29, 1.82) is 0 Å². The lowest BCUT2D eigenvalue weighted by atomic mass is 10.2. The molecule has 1 aliphatic heterocycles. The maximum absolute atomic E-state index is 5.34. The SMILES string of the molecule is CCOCCCCNC(=NC)N1CCSC(C)(C)C1. The average molecular weight is 287 g/mol. The Morgan fingerprint density at radius 3 is 2.84 bits per heavy atom. The highest BCUT2D eigenvalue weighted by molar-refractivity contribution is 8.00. The summed E-state index contributed by atoms with van der Waals surface area (Å²) >= 11 is 2.05. The highest BCUT2D eigenvalue weighted by atomic mass is 32.2. The zero-order valence-corrected chi connectivity index (χ0v) is 13.7. The van der Waals surface area contributed by atoms with Gasteiger partial charge in [-0.3, -0.25) is 4.99 Å². The minimum atomic E-state index is 0.324. The topological polar surface area (TPSA) is 36.9 Å². The molecule has 0 aromatic heterocycles. The molecule has 5 heteroatoms. The average Bonchev–Trinajstić information content (AvgIpc) is 2.37. The maximum Gasteiger partial charge on any atom is 0.193 e. The van der Waals surface area contributed by atoms with E-state index in [9.17, 15) is 0 Å². The third-order valence-electron chi connectivity index (χ3n) is 3.14. The molecule has 0 saturated carbocycles. The van der Waals surface area contributed by atoms with E-state index in [4.69, 9.17) is 4.74 Å². The summed E-state index contributed by atoms with van der Waals surface area (Å²) in [5, 5.41) is 3.46. The molecule has 1 rings (SSSR count). The standard InChI is InChI=1S/C14H29N3OS/c1-5-18-10-7-6-8-16-13(15-4)17-9-11-19-14(2,3)12-17/h5-12H2,1-4H3,(H,15,16). The molecule has 0 spiro atoms. The lowest BCUT2D eigenvalue weighted by Gasteiger charge is -2.39. The minimum absolute atomic E-state index is 0.324. The number of rotatable bonds is 6. The fourth-order valence-corrected chi connectivity index (χ4v) is 3.31. The second-order valence-corrected chi connectivity index (χ2v) is 7.21. The third kappa shape index (κ3) is 6.52. The van der Waals surface area contributed by atoms with E-state index in [1.165, 1.54) is 5.75 Å². The van der Waals surface area contributed by atoms with Gasteiger partial charge in [0.2, 0.25) is 0 Å². The summed E-state index contributed by atoms with van der Waals surface area (Å²) in [4.78, 5) is 6.78. The van der Waals surface area contributed by atoms with Gasteiger partial charge < -0.3 is 15.0 Å². The Kier molecular flexibility index (Phi) is 7.61. The van der Waals surface area contributed by atoms with Gasteiger partial charge in [-0.2, -0.15) is 11.8 Å². The monoisotopic (exact) mass is 287 g/mol. The molecule has 1 heterocycles. The Hall–Kier alpha value is -0.420. The third-order valence-corrected chi connectivity index (χ3v) is 4.44. The first-order chi connectivity index (χ1) is 9.09. The molecule has 1 aliphatic rings. The molecular weight excluding hydrogens is 258 g/mol. The Bertz CT molecular complexity index is 282. The fraction of sp³-hybridized carbons (Fsp3) is 0.929. The van der Waals surface area contributed by atoms with E-state index in [-0.39, 0.29) is 0 Å². The summed E-state index contributed by atoms with van der Waals surface area (Å²) in [5.41, 5.74) is 0. The zero-order chi connectivity index (χ0) is 14.1. The Balaban J connectivity index is 2.26. The molecule has 1 N–H and O–H groups in total. The van der Waals surface area contributed by atoms with Crippen molar-refractivity contribution in [2.45, 2.75) is 38.4 Å². The summed E-state index contributed by atoms with van der Waals surface area (Å²) in [6, 6.07) is 0. The van der Waals surface area contributed by atoms with E-state index >= 15 is 0 Å². The van der Waals surface area contributed by atoms with Crippen molar-refractivity contribution < 1.29 is 4.74 Å². The summed E-state index contributed by atoms with van der Waals surface area (Å²) in [6.07, 6.45) is 2.24. The van der Waals surface area contributed by atoms with E-state index in [0.717, 1.165) is 51.6 Å². The number of hydrogen-bond donors (Lipinski definition) is 1. The molecule has 19 heavy (non-hydrogen) atoms. The maximum atomic E-state index is 5.34. The second-order valence-electron chi connectivity index (χ2n) is 5.41. The van der Waals surface area contributed by atoms with Crippen molar-refractivity contribution in [2.75, 3.05) is 45.6 Å². The minimum Gasteiger partial charge on any atom is -0.382 e. The summed E-state index contributed by atoms with van der Waals surface area (Å²) in [5.74, 6) is 2.22. The van der Waals surface area contributed by atoms with Crippen LogP contribution in [0.2, 0.25) is 0 Å². The zero-order valence-electron chi connectivity index (χ0n) is 12.9. The van der Waals surface area contributed by atoms with Gasteiger partial charge in [0.1, 0.15) is 0 Å². The van der Waals surface area contributed by atoms with Crippen LogP contribution < -0.4 is 5.32 Å². The molecule has 0 aromatic rings. The molecule has 0 aromatic carbocycles. The highest BCUT2D eigenvalue weighted by Crippen LogP contribution is 2.29. The van der Waals surface area contributed by atoms with Crippen molar-refractivity contribution in [3.05, 3.63) is 0 Å². The van der Waals surface area contributed by atoms with Crippen LogP contribution in [0.5, 0.6) is 0 Å². The second kappa shape index (κ2) is 8.69. The number of thioether (sulfide) groups is 1. The Morgan fingerprint density at radius 2 is 2.21 bits per heavy atom. The van der Waals surface area contributed by atoms with Crippen LogP contribution in [0.4, 0.5) is 0 Å². The molecule has 0 aliphatic carbocycles. The number of guanidine groups is 1. The van der Waals surface area contributed by atoms with Crippen molar-refractivity contribution in [3.63, 3.8) is 0 Å². The molecule has 0 radical (unpaired) electrons. The van der Waals surface area contributed by atoms with Crippen LogP contribution >= 0.6 is 11.8 Å².